The highest BCUT2D eigenvalue weighted by molar-refractivity contribution is 7.99. The van der Waals surface area contributed by atoms with Gasteiger partial charge >= 0.3 is 0 Å². The highest BCUT2D eigenvalue weighted by atomic mass is 32.2. The number of benzene rings is 1. The molecule has 1 aliphatic rings. The van der Waals surface area contributed by atoms with E-state index in [9.17, 15) is 13.2 Å². The normalized spacial score (nSPS) is 22.8. The van der Waals surface area contributed by atoms with Crippen molar-refractivity contribution in [1.82, 2.24) is 14.9 Å². The molecule has 3 rings (SSSR count). The number of nitrogens with one attached hydrogen (secondary N) is 1. The first kappa shape index (κ1) is 17.3. The summed E-state index contributed by atoms with van der Waals surface area (Å²) in [6, 6.07) is 7.88. The van der Waals surface area contributed by atoms with Crippen molar-refractivity contribution >= 4 is 38.5 Å². The van der Waals surface area contributed by atoms with Gasteiger partial charge in [0.15, 0.2) is 15.0 Å². The summed E-state index contributed by atoms with van der Waals surface area (Å²) in [4.78, 5) is 16.8. The number of sulfone groups is 1. The molecule has 2 aromatic rings. The summed E-state index contributed by atoms with van der Waals surface area (Å²) in [5, 5.41) is 3.68. The van der Waals surface area contributed by atoms with Gasteiger partial charge in [-0.3, -0.25) is 4.79 Å². The molecule has 1 N–H and O–H groups in total. The number of hydrogen-bond acceptors (Lipinski definition) is 5. The molecule has 0 saturated carbocycles. The SMILES string of the molecule is CCn1c(SCC(=O)NC2(C)CCS(=O)(=O)C2)nc2ccccc21. The van der Waals surface area contributed by atoms with Crippen molar-refractivity contribution in [2.24, 2.45) is 0 Å². The van der Waals surface area contributed by atoms with Gasteiger partial charge in [0.25, 0.3) is 0 Å². The molecular formula is C16H21N3O3S2. The van der Waals surface area contributed by atoms with Crippen LogP contribution in [0, 0.1) is 0 Å². The number of carbonyl (C=O) groups excluding carboxylic acids is 1. The maximum atomic E-state index is 12.2. The molecule has 1 fully saturated rings. The molecule has 1 amide bonds. The number of aromatic nitrogens is 2. The largest absolute Gasteiger partial charge is 0.349 e. The predicted octanol–water partition coefficient (Wildman–Crippen LogP) is 1.84. The predicted molar refractivity (Wildman–Crippen MR) is 95.9 cm³/mol. The fourth-order valence-electron chi connectivity index (χ4n) is 3.08. The minimum Gasteiger partial charge on any atom is -0.349 e. The quantitative estimate of drug-likeness (QED) is 0.816. The molecule has 0 radical (unpaired) electrons. The molecule has 130 valence electrons. The number of carbonyl (C=O) groups is 1. The number of amides is 1. The lowest BCUT2D eigenvalue weighted by Crippen LogP contribution is -2.47. The Hall–Kier alpha value is -1.54. The van der Waals surface area contributed by atoms with Gasteiger partial charge in [0.05, 0.1) is 33.8 Å². The fourth-order valence-corrected chi connectivity index (χ4v) is 6.05. The van der Waals surface area contributed by atoms with Gasteiger partial charge in [-0.2, -0.15) is 0 Å². The van der Waals surface area contributed by atoms with Crippen molar-refractivity contribution in [3.63, 3.8) is 0 Å². The van der Waals surface area contributed by atoms with Crippen LogP contribution in [0.25, 0.3) is 11.0 Å². The Morgan fingerprint density at radius 2 is 2.17 bits per heavy atom. The van der Waals surface area contributed by atoms with E-state index in [0.29, 0.717) is 6.42 Å². The molecule has 0 bridgehead atoms. The van der Waals surface area contributed by atoms with E-state index >= 15 is 0 Å². The molecule has 0 spiro atoms. The number of aryl methyl sites for hydroxylation is 1. The minimum absolute atomic E-state index is 0.0177. The molecule has 2 heterocycles. The third kappa shape index (κ3) is 3.59. The van der Waals surface area contributed by atoms with E-state index in [1.165, 1.54) is 11.8 Å². The number of fused-ring (bicyclic) bond motifs is 1. The van der Waals surface area contributed by atoms with E-state index in [-0.39, 0.29) is 23.2 Å². The van der Waals surface area contributed by atoms with Crippen LogP contribution in [0.5, 0.6) is 0 Å². The lowest BCUT2D eigenvalue weighted by molar-refractivity contribution is -0.120. The minimum atomic E-state index is -3.03. The van der Waals surface area contributed by atoms with E-state index in [2.05, 4.69) is 14.9 Å². The third-order valence-corrected chi connectivity index (χ3v) is 7.09. The second-order valence-corrected chi connectivity index (χ2v) is 9.49. The molecule has 0 aliphatic carbocycles. The number of thioether (sulfide) groups is 1. The molecule has 1 aromatic heterocycles. The third-order valence-electron chi connectivity index (χ3n) is 4.21. The zero-order valence-electron chi connectivity index (χ0n) is 13.8. The molecule has 1 atom stereocenters. The van der Waals surface area contributed by atoms with Crippen molar-refractivity contribution in [3.8, 4) is 0 Å². The second-order valence-electron chi connectivity index (χ2n) is 6.37. The summed E-state index contributed by atoms with van der Waals surface area (Å²) >= 11 is 1.38. The number of hydrogen-bond donors (Lipinski definition) is 1. The van der Waals surface area contributed by atoms with Crippen molar-refractivity contribution in [1.29, 1.82) is 0 Å². The Balaban J connectivity index is 1.67. The van der Waals surface area contributed by atoms with Crippen molar-refractivity contribution in [3.05, 3.63) is 24.3 Å². The van der Waals surface area contributed by atoms with Gasteiger partial charge in [-0.15, -0.1) is 0 Å². The summed E-state index contributed by atoms with van der Waals surface area (Å²) in [6.07, 6.45) is 0.471. The highest BCUT2D eigenvalue weighted by Gasteiger charge is 2.39. The summed E-state index contributed by atoms with van der Waals surface area (Å²) in [5.74, 6) is 0.222. The van der Waals surface area contributed by atoms with Gasteiger partial charge < -0.3 is 9.88 Å². The molecule has 6 nitrogen and oxygen atoms in total. The van der Waals surface area contributed by atoms with E-state index in [1.807, 2.05) is 31.2 Å². The van der Waals surface area contributed by atoms with Gasteiger partial charge in [0, 0.05) is 6.54 Å². The Morgan fingerprint density at radius 1 is 1.42 bits per heavy atom. The van der Waals surface area contributed by atoms with Gasteiger partial charge in [-0.25, -0.2) is 13.4 Å². The molecule has 1 aliphatic heterocycles. The standard InChI is InChI=1S/C16H21N3O3S2/c1-3-19-13-7-5-4-6-12(13)17-15(19)23-10-14(20)18-16(2)8-9-24(21,22)11-16/h4-7H,3,8-11H2,1-2H3,(H,18,20). The number of rotatable bonds is 5. The van der Waals surface area contributed by atoms with E-state index in [0.717, 1.165) is 22.7 Å². The summed E-state index contributed by atoms with van der Waals surface area (Å²) < 4.78 is 25.3. The number of para-hydroxylation sites is 2. The maximum Gasteiger partial charge on any atom is 0.230 e. The second kappa shape index (κ2) is 6.40. The fraction of sp³-hybridized carbons (Fsp3) is 0.500. The van der Waals surface area contributed by atoms with Crippen LogP contribution in [0.15, 0.2) is 29.4 Å². The summed E-state index contributed by atoms with van der Waals surface area (Å²) in [7, 11) is -3.03. The van der Waals surface area contributed by atoms with Crippen LogP contribution in [0.3, 0.4) is 0 Å². The van der Waals surface area contributed by atoms with E-state index in [1.54, 1.807) is 6.92 Å². The van der Waals surface area contributed by atoms with Crippen LogP contribution in [0.2, 0.25) is 0 Å². The smallest absolute Gasteiger partial charge is 0.230 e. The Kier molecular flexibility index (Phi) is 4.61. The van der Waals surface area contributed by atoms with Crippen LogP contribution < -0.4 is 5.32 Å². The Morgan fingerprint density at radius 3 is 2.83 bits per heavy atom. The van der Waals surface area contributed by atoms with Gasteiger partial charge in [-0.05, 0) is 32.4 Å². The lowest BCUT2D eigenvalue weighted by atomic mass is 10.0. The zero-order valence-corrected chi connectivity index (χ0v) is 15.4. The average molecular weight is 367 g/mol. The van der Waals surface area contributed by atoms with Gasteiger partial charge in [-0.1, -0.05) is 23.9 Å². The monoisotopic (exact) mass is 367 g/mol. The molecular weight excluding hydrogens is 346 g/mol. The summed E-state index contributed by atoms with van der Waals surface area (Å²) in [6.45, 7) is 4.62. The van der Waals surface area contributed by atoms with Crippen molar-refractivity contribution in [2.75, 3.05) is 17.3 Å². The molecule has 1 aromatic carbocycles. The van der Waals surface area contributed by atoms with Crippen LogP contribution in [-0.4, -0.2) is 46.7 Å². The summed E-state index contributed by atoms with van der Waals surface area (Å²) in [5.41, 5.74) is 1.31. The van der Waals surface area contributed by atoms with Gasteiger partial charge in [0.2, 0.25) is 5.91 Å². The van der Waals surface area contributed by atoms with E-state index < -0.39 is 15.4 Å². The molecule has 24 heavy (non-hydrogen) atoms. The van der Waals surface area contributed by atoms with Crippen LogP contribution in [-0.2, 0) is 21.2 Å². The average Bonchev–Trinajstić information content (AvgIpc) is 3.01. The van der Waals surface area contributed by atoms with Crippen molar-refractivity contribution < 1.29 is 13.2 Å². The number of imidazole rings is 1. The molecule has 1 unspecified atom stereocenters. The first-order chi connectivity index (χ1) is 11.3. The first-order valence-electron chi connectivity index (χ1n) is 7.91. The Bertz CT molecular complexity index is 876. The maximum absolute atomic E-state index is 12.2. The zero-order chi connectivity index (χ0) is 17.4. The topological polar surface area (TPSA) is 81.1 Å². The van der Waals surface area contributed by atoms with Gasteiger partial charge in [0.1, 0.15) is 0 Å². The lowest BCUT2D eigenvalue weighted by Gasteiger charge is -2.23. The van der Waals surface area contributed by atoms with Crippen LogP contribution in [0.1, 0.15) is 20.3 Å². The van der Waals surface area contributed by atoms with Crippen molar-refractivity contribution in [2.45, 2.75) is 37.5 Å². The molecule has 8 heteroatoms. The van der Waals surface area contributed by atoms with E-state index in [4.69, 9.17) is 0 Å². The van der Waals surface area contributed by atoms with Crippen LogP contribution in [0.4, 0.5) is 0 Å². The van der Waals surface area contributed by atoms with Crippen LogP contribution >= 0.6 is 11.8 Å². The Labute approximate surface area is 145 Å². The first-order valence-corrected chi connectivity index (χ1v) is 10.7. The highest BCUT2D eigenvalue weighted by Crippen LogP contribution is 2.25. The molecule has 1 saturated heterocycles. The number of nitrogens with zero attached hydrogens (tertiary/aromatic N) is 2.